The Morgan fingerprint density at radius 2 is 1.83 bits per heavy atom. The number of aryl methyl sites for hydroxylation is 2. The molecule has 2 N–H and O–H groups in total. The van der Waals surface area contributed by atoms with E-state index in [0.717, 1.165) is 21.4 Å². The number of nitrogens with zero attached hydrogens (tertiary/aromatic N) is 2. The first-order valence-electron chi connectivity index (χ1n) is 9.58. The fourth-order valence-corrected chi connectivity index (χ4v) is 3.65. The van der Waals surface area contributed by atoms with Gasteiger partial charge in [-0.05, 0) is 31.0 Å². The second-order valence-electron chi connectivity index (χ2n) is 7.52. The van der Waals surface area contributed by atoms with Crippen LogP contribution < -0.4 is 10.6 Å². The number of aromatic nitrogens is 2. The highest BCUT2D eigenvalue weighted by Crippen LogP contribution is 2.44. The van der Waals surface area contributed by atoms with Gasteiger partial charge in [-0.2, -0.15) is 18.3 Å². The number of nitrogens with one attached hydrogen (secondary N) is 2. The highest BCUT2D eigenvalue weighted by atomic mass is 19.4. The molecular weight excluding hydrogens is 393 g/mol. The molecule has 3 aromatic rings. The molecule has 4 rings (SSSR count). The SMILES string of the molecule is Cc1ccc([C@@H]2C[C@@H](C(F)(F)F)n3ncc(C(=O)Nc4ccccc4C)c3N2)cc1. The Labute approximate surface area is 171 Å². The Bertz CT molecular complexity index is 1070. The van der Waals surface area contributed by atoms with E-state index in [-0.39, 0.29) is 17.8 Å². The van der Waals surface area contributed by atoms with Crippen molar-refractivity contribution in [1.82, 2.24) is 9.78 Å². The minimum atomic E-state index is -4.49. The monoisotopic (exact) mass is 414 g/mol. The van der Waals surface area contributed by atoms with Gasteiger partial charge in [-0.25, -0.2) is 4.68 Å². The maximum Gasteiger partial charge on any atom is 0.410 e. The normalized spacial score (nSPS) is 18.4. The van der Waals surface area contributed by atoms with E-state index >= 15 is 0 Å². The molecule has 0 spiro atoms. The summed E-state index contributed by atoms with van der Waals surface area (Å²) >= 11 is 0. The van der Waals surface area contributed by atoms with E-state index in [9.17, 15) is 18.0 Å². The Balaban J connectivity index is 1.70. The van der Waals surface area contributed by atoms with Crippen LogP contribution in [0.15, 0.2) is 54.7 Å². The van der Waals surface area contributed by atoms with Crippen LogP contribution in [0.4, 0.5) is 24.7 Å². The Morgan fingerprint density at radius 3 is 2.50 bits per heavy atom. The number of anilines is 2. The van der Waals surface area contributed by atoms with Gasteiger partial charge in [0, 0.05) is 12.1 Å². The number of hydrogen-bond acceptors (Lipinski definition) is 3. The van der Waals surface area contributed by atoms with E-state index in [2.05, 4.69) is 15.7 Å². The molecule has 0 aliphatic carbocycles. The standard InChI is InChI=1S/C22H21F3N4O/c1-13-7-9-15(10-8-13)18-11-19(22(23,24)25)29-20(27-18)16(12-26-29)21(30)28-17-6-4-3-5-14(17)2/h3-10,12,18-19,27H,11H2,1-2H3,(H,28,30)/t18-,19-/m0/s1. The second-order valence-corrected chi connectivity index (χ2v) is 7.52. The van der Waals surface area contributed by atoms with Crippen molar-refractivity contribution in [2.45, 2.75) is 38.5 Å². The fourth-order valence-electron chi connectivity index (χ4n) is 3.65. The summed E-state index contributed by atoms with van der Waals surface area (Å²) in [5.41, 5.74) is 3.27. The molecule has 1 aromatic heterocycles. The molecule has 156 valence electrons. The zero-order chi connectivity index (χ0) is 21.5. The molecule has 0 radical (unpaired) electrons. The third-order valence-electron chi connectivity index (χ3n) is 5.36. The average Bonchev–Trinajstić information content (AvgIpc) is 3.13. The van der Waals surface area contributed by atoms with Crippen molar-refractivity contribution in [2.24, 2.45) is 0 Å². The highest BCUT2D eigenvalue weighted by Gasteiger charge is 2.47. The Morgan fingerprint density at radius 1 is 1.13 bits per heavy atom. The molecule has 0 fully saturated rings. The number of alkyl halides is 3. The smallest absolute Gasteiger partial charge is 0.363 e. The molecule has 8 heteroatoms. The van der Waals surface area contributed by atoms with Gasteiger partial charge in [0.15, 0.2) is 6.04 Å². The second kappa shape index (κ2) is 7.51. The van der Waals surface area contributed by atoms with Crippen LogP contribution in [0.5, 0.6) is 0 Å². The third-order valence-corrected chi connectivity index (χ3v) is 5.36. The van der Waals surface area contributed by atoms with Gasteiger partial charge in [0.25, 0.3) is 5.91 Å². The summed E-state index contributed by atoms with van der Waals surface area (Å²) in [6, 6.07) is 12.1. The van der Waals surface area contributed by atoms with Crippen molar-refractivity contribution in [2.75, 3.05) is 10.6 Å². The number of amides is 1. The summed E-state index contributed by atoms with van der Waals surface area (Å²) in [6.07, 6.45) is -3.51. The summed E-state index contributed by atoms with van der Waals surface area (Å²) < 4.78 is 42.3. The van der Waals surface area contributed by atoms with E-state index in [0.29, 0.717) is 5.69 Å². The van der Waals surface area contributed by atoms with Gasteiger partial charge in [-0.1, -0.05) is 48.0 Å². The average molecular weight is 414 g/mol. The van der Waals surface area contributed by atoms with Gasteiger partial charge < -0.3 is 10.6 Å². The molecule has 1 aliphatic heterocycles. The number of hydrogen-bond donors (Lipinski definition) is 2. The molecule has 1 aliphatic rings. The van der Waals surface area contributed by atoms with Crippen molar-refractivity contribution in [3.05, 3.63) is 77.0 Å². The number of para-hydroxylation sites is 1. The molecule has 0 unspecified atom stereocenters. The summed E-state index contributed by atoms with van der Waals surface area (Å²) in [6.45, 7) is 3.76. The lowest BCUT2D eigenvalue weighted by Crippen LogP contribution is -2.36. The number of carbonyl (C=O) groups excluding carboxylic acids is 1. The van der Waals surface area contributed by atoms with E-state index in [4.69, 9.17) is 0 Å². The predicted molar refractivity (Wildman–Crippen MR) is 109 cm³/mol. The van der Waals surface area contributed by atoms with E-state index in [1.807, 2.05) is 38.1 Å². The zero-order valence-electron chi connectivity index (χ0n) is 16.5. The summed E-state index contributed by atoms with van der Waals surface area (Å²) in [4.78, 5) is 12.9. The van der Waals surface area contributed by atoms with Crippen molar-refractivity contribution >= 4 is 17.4 Å². The third kappa shape index (κ3) is 3.77. The van der Waals surface area contributed by atoms with Crippen LogP contribution in [-0.2, 0) is 0 Å². The molecule has 1 amide bonds. The number of halogens is 3. The molecule has 2 heterocycles. The molecule has 0 saturated heterocycles. The molecule has 2 aromatic carbocycles. The Hall–Kier alpha value is -3.29. The predicted octanol–water partition coefficient (Wildman–Crippen LogP) is 5.41. The quantitative estimate of drug-likeness (QED) is 0.602. The highest BCUT2D eigenvalue weighted by molar-refractivity contribution is 6.07. The molecule has 0 bridgehead atoms. The van der Waals surface area contributed by atoms with Crippen LogP contribution in [0.3, 0.4) is 0 Å². The first kappa shape index (κ1) is 20.0. The molecule has 30 heavy (non-hydrogen) atoms. The maximum absolute atomic E-state index is 13.8. The number of fused-ring (bicyclic) bond motifs is 1. The van der Waals surface area contributed by atoms with Crippen LogP contribution >= 0.6 is 0 Å². The van der Waals surface area contributed by atoms with Crippen LogP contribution in [0, 0.1) is 13.8 Å². The zero-order valence-corrected chi connectivity index (χ0v) is 16.5. The van der Waals surface area contributed by atoms with E-state index in [1.54, 1.807) is 24.3 Å². The van der Waals surface area contributed by atoms with Gasteiger partial charge in [0.1, 0.15) is 11.4 Å². The minimum absolute atomic E-state index is 0.0697. The van der Waals surface area contributed by atoms with Crippen LogP contribution in [0.25, 0.3) is 0 Å². The van der Waals surface area contributed by atoms with Crippen LogP contribution in [0.1, 0.15) is 45.6 Å². The number of carbonyl (C=O) groups is 1. The van der Waals surface area contributed by atoms with Crippen LogP contribution in [-0.4, -0.2) is 21.9 Å². The van der Waals surface area contributed by atoms with Crippen molar-refractivity contribution in [3.8, 4) is 0 Å². The first-order valence-corrected chi connectivity index (χ1v) is 9.58. The lowest BCUT2D eigenvalue weighted by Gasteiger charge is -2.34. The van der Waals surface area contributed by atoms with Gasteiger partial charge >= 0.3 is 6.18 Å². The van der Waals surface area contributed by atoms with Gasteiger partial charge in [0.2, 0.25) is 0 Å². The number of rotatable bonds is 3. The number of benzene rings is 2. The van der Waals surface area contributed by atoms with Crippen LogP contribution in [0.2, 0.25) is 0 Å². The topological polar surface area (TPSA) is 59.0 Å². The molecule has 0 saturated carbocycles. The lowest BCUT2D eigenvalue weighted by molar-refractivity contribution is -0.173. The summed E-state index contributed by atoms with van der Waals surface area (Å²) in [5.74, 6) is -0.441. The lowest BCUT2D eigenvalue weighted by atomic mass is 9.96. The van der Waals surface area contributed by atoms with Crippen molar-refractivity contribution in [1.29, 1.82) is 0 Å². The largest absolute Gasteiger partial charge is 0.410 e. The Kier molecular flexibility index (Phi) is 5.01. The van der Waals surface area contributed by atoms with Crippen molar-refractivity contribution in [3.63, 3.8) is 0 Å². The summed E-state index contributed by atoms with van der Waals surface area (Å²) in [5, 5.41) is 9.77. The molecule has 2 atom stereocenters. The molecular formula is C22H21F3N4O. The van der Waals surface area contributed by atoms with Gasteiger partial charge in [-0.15, -0.1) is 0 Å². The molecule has 5 nitrogen and oxygen atoms in total. The van der Waals surface area contributed by atoms with Gasteiger partial charge in [0.05, 0.1) is 12.2 Å². The fraction of sp³-hybridized carbons (Fsp3) is 0.273. The van der Waals surface area contributed by atoms with E-state index in [1.165, 1.54) is 6.20 Å². The first-order chi connectivity index (χ1) is 14.2. The summed E-state index contributed by atoms with van der Waals surface area (Å²) in [7, 11) is 0. The van der Waals surface area contributed by atoms with E-state index < -0.39 is 24.2 Å². The van der Waals surface area contributed by atoms with Gasteiger partial charge in [-0.3, -0.25) is 4.79 Å². The maximum atomic E-state index is 13.8. The van der Waals surface area contributed by atoms with Crippen molar-refractivity contribution < 1.29 is 18.0 Å². The minimum Gasteiger partial charge on any atom is -0.363 e.